The molecule has 2 aromatic carbocycles. The highest BCUT2D eigenvalue weighted by Gasteiger charge is 2.35. The predicted octanol–water partition coefficient (Wildman–Crippen LogP) is 4.19. The van der Waals surface area contributed by atoms with Gasteiger partial charge in [-0.25, -0.2) is 8.78 Å². The SMILES string of the molecule is O=C1CC(c2nc(-c3ccc(Cl)c(F)c3)no2)CN1c1cccc(F)c1. The van der Waals surface area contributed by atoms with Crippen molar-refractivity contribution in [2.45, 2.75) is 12.3 Å². The Kier molecular flexibility index (Phi) is 4.16. The van der Waals surface area contributed by atoms with Gasteiger partial charge in [0.05, 0.1) is 10.9 Å². The van der Waals surface area contributed by atoms with Crippen molar-refractivity contribution in [2.24, 2.45) is 0 Å². The first-order valence-corrected chi connectivity index (χ1v) is 8.24. The zero-order valence-corrected chi connectivity index (χ0v) is 14.1. The van der Waals surface area contributed by atoms with Gasteiger partial charge in [-0.2, -0.15) is 4.98 Å². The van der Waals surface area contributed by atoms with Gasteiger partial charge in [-0.3, -0.25) is 4.79 Å². The van der Waals surface area contributed by atoms with E-state index >= 15 is 0 Å². The van der Waals surface area contributed by atoms with Crippen molar-refractivity contribution in [3.05, 3.63) is 65.0 Å². The summed E-state index contributed by atoms with van der Waals surface area (Å²) in [6.07, 6.45) is 0.174. The van der Waals surface area contributed by atoms with Crippen LogP contribution < -0.4 is 4.90 Å². The first-order chi connectivity index (χ1) is 12.5. The molecule has 0 saturated carbocycles. The Morgan fingerprint density at radius 1 is 1.19 bits per heavy atom. The van der Waals surface area contributed by atoms with E-state index < -0.39 is 11.6 Å². The standard InChI is InChI=1S/C18H12ClF2N3O2/c19-14-5-4-10(6-15(14)21)17-22-18(26-23-17)11-7-16(25)24(9-11)13-3-1-2-12(20)8-13/h1-6,8,11H,7,9H2. The average Bonchev–Trinajstić information content (AvgIpc) is 3.24. The summed E-state index contributed by atoms with van der Waals surface area (Å²) in [6, 6.07) is 10.0. The molecule has 1 aliphatic rings. The third-order valence-electron chi connectivity index (χ3n) is 4.21. The molecule has 0 aliphatic carbocycles. The van der Waals surface area contributed by atoms with Crippen LogP contribution in [0.5, 0.6) is 0 Å². The van der Waals surface area contributed by atoms with E-state index in [4.69, 9.17) is 16.1 Å². The Morgan fingerprint density at radius 2 is 2.04 bits per heavy atom. The monoisotopic (exact) mass is 375 g/mol. The van der Waals surface area contributed by atoms with Crippen LogP contribution in [0.4, 0.5) is 14.5 Å². The summed E-state index contributed by atoms with van der Waals surface area (Å²) in [6.45, 7) is 0.304. The number of amides is 1. The molecule has 1 aliphatic heterocycles. The second kappa shape index (κ2) is 6.49. The lowest BCUT2D eigenvalue weighted by atomic mass is 10.1. The van der Waals surface area contributed by atoms with Crippen molar-refractivity contribution in [2.75, 3.05) is 11.4 Å². The lowest BCUT2D eigenvalue weighted by molar-refractivity contribution is -0.117. The Hall–Kier alpha value is -2.80. The molecular weight excluding hydrogens is 364 g/mol. The highest BCUT2D eigenvalue weighted by molar-refractivity contribution is 6.30. The molecule has 0 spiro atoms. The van der Waals surface area contributed by atoms with E-state index in [1.165, 1.54) is 29.2 Å². The van der Waals surface area contributed by atoms with Crippen molar-refractivity contribution in [3.63, 3.8) is 0 Å². The molecule has 4 rings (SSSR count). The number of halogens is 3. The molecule has 1 aromatic heterocycles. The van der Waals surface area contributed by atoms with E-state index in [2.05, 4.69) is 10.1 Å². The summed E-state index contributed by atoms with van der Waals surface area (Å²) in [4.78, 5) is 18.0. The summed E-state index contributed by atoms with van der Waals surface area (Å²) < 4.78 is 32.3. The molecule has 1 amide bonds. The van der Waals surface area contributed by atoms with Crippen molar-refractivity contribution in [3.8, 4) is 11.4 Å². The first kappa shape index (κ1) is 16.7. The van der Waals surface area contributed by atoms with Crippen molar-refractivity contribution >= 4 is 23.2 Å². The Morgan fingerprint density at radius 3 is 2.81 bits per heavy atom. The number of carbonyl (C=O) groups excluding carboxylic acids is 1. The zero-order chi connectivity index (χ0) is 18.3. The van der Waals surface area contributed by atoms with Crippen molar-refractivity contribution in [1.82, 2.24) is 10.1 Å². The van der Waals surface area contributed by atoms with Crippen molar-refractivity contribution in [1.29, 1.82) is 0 Å². The smallest absolute Gasteiger partial charge is 0.232 e. The highest BCUT2D eigenvalue weighted by atomic mass is 35.5. The molecule has 1 saturated heterocycles. The van der Waals surface area contributed by atoms with Gasteiger partial charge >= 0.3 is 0 Å². The molecule has 0 bridgehead atoms. The highest BCUT2D eigenvalue weighted by Crippen LogP contribution is 2.32. The number of hydrogen-bond donors (Lipinski definition) is 0. The van der Waals surface area contributed by atoms with Crippen LogP contribution in [-0.2, 0) is 4.79 Å². The number of aromatic nitrogens is 2. The maximum atomic E-state index is 13.6. The molecule has 1 atom stereocenters. The topological polar surface area (TPSA) is 59.2 Å². The molecular formula is C18H12ClF2N3O2. The molecule has 1 unspecified atom stereocenters. The maximum absolute atomic E-state index is 13.6. The second-order valence-electron chi connectivity index (χ2n) is 5.97. The minimum atomic E-state index is -0.580. The van der Waals surface area contributed by atoms with E-state index in [9.17, 15) is 13.6 Å². The maximum Gasteiger partial charge on any atom is 0.232 e. The molecule has 0 N–H and O–H groups in total. The minimum Gasteiger partial charge on any atom is -0.339 e. The van der Waals surface area contributed by atoms with Gasteiger partial charge in [0.1, 0.15) is 11.6 Å². The summed E-state index contributed by atoms with van der Waals surface area (Å²) >= 11 is 5.67. The molecule has 132 valence electrons. The Labute approximate surface area is 152 Å². The Bertz CT molecular complexity index is 992. The number of hydrogen-bond acceptors (Lipinski definition) is 4. The number of carbonyl (C=O) groups is 1. The van der Waals surface area contributed by atoms with Gasteiger partial charge in [0.2, 0.25) is 17.6 Å². The molecule has 1 fully saturated rings. The first-order valence-electron chi connectivity index (χ1n) is 7.86. The molecule has 8 heteroatoms. The van der Waals surface area contributed by atoms with E-state index in [-0.39, 0.29) is 35.0 Å². The third-order valence-corrected chi connectivity index (χ3v) is 4.52. The number of nitrogens with zero attached hydrogens (tertiary/aromatic N) is 3. The molecule has 26 heavy (non-hydrogen) atoms. The average molecular weight is 376 g/mol. The van der Waals surface area contributed by atoms with Crippen LogP contribution in [0, 0.1) is 11.6 Å². The number of rotatable bonds is 3. The fraction of sp³-hybridized carbons (Fsp3) is 0.167. The van der Waals surface area contributed by atoms with Gasteiger partial charge in [0.25, 0.3) is 0 Å². The quantitative estimate of drug-likeness (QED) is 0.688. The van der Waals surface area contributed by atoms with Gasteiger partial charge < -0.3 is 9.42 Å². The van der Waals surface area contributed by atoms with Crippen LogP contribution in [-0.4, -0.2) is 22.6 Å². The van der Waals surface area contributed by atoms with E-state index in [1.54, 1.807) is 18.2 Å². The van der Waals surface area contributed by atoms with Gasteiger partial charge in [-0.15, -0.1) is 0 Å². The van der Waals surface area contributed by atoms with Gasteiger partial charge in [0, 0.05) is 24.2 Å². The normalized spacial score (nSPS) is 17.1. The van der Waals surface area contributed by atoms with Crippen LogP contribution in [0.25, 0.3) is 11.4 Å². The molecule has 5 nitrogen and oxygen atoms in total. The third kappa shape index (κ3) is 3.06. The van der Waals surface area contributed by atoms with Crippen LogP contribution in [0.2, 0.25) is 5.02 Å². The van der Waals surface area contributed by atoms with E-state index in [0.717, 1.165) is 0 Å². The molecule has 2 heterocycles. The fourth-order valence-electron chi connectivity index (χ4n) is 2.92. The number of benzene rings is 2. The van der Waals surface area contributed by atoms with E-state index in [1.807, 2.05) is 0 Å². The second-order valence-corrected chi connectivity index (χ2v) is 6.38. The molecule has 3 aromatic rings. The fourth-order valence-corrected chi connectivity index (χ4v) is 3.04. The van der Waals surface area contributed by atoms with Gasteiger partial charge in [-0.05, 0) is 36.4 Å². The summed E-state index contributed by atoms with van der Waals surface area (Å²) in [5, 5.41) is 3.86. The number of anilines is 1. The van der Waals surface area contributed by atoms with Crippen LogP contribution in [0.1, 0.15) is 18.2 Å². The summed E-state index contributed by atoms with van der Waals surface area (Å²) in [7, 11) is 0. The Balaban J connectivity index is 1.57. The van der Waals surface area contributed by atoms with Crippen LogP contribution in [0.3, 0.4) is 0 Å². The van der Waals surface area contributed by atoms with Gasteiger partial charge in [-0.1, -0.05) is 22.8 Å². The molecule has 0 radical (unpaired) electrons. The largest absolute Gasteiger partial charge is 0.339 e. The lowest BCUT2D eigenvalue weighted by Crippen LogP contribution is -2.24. The van der Waals surface area contributed by atoms with Crippen molar-refractivity contribution < 1.29 is 18.1 Å². The minimum absolute atomic E-state index is 0.00425. The van der Waals surface area contributed by atoms with Crippen LogP contribution >= 0.6 is 11.6 Å². The lowest BCUT2D eigenvalue weighted by Gasteiger charge is -2.15. The zero-order valence-electron chi connectivity index (χ0n) is 13.3. The van der Waals surface area contributed by atoms with Gasteiger partial charge in [0.15, 0.2) is 0 Å². The van der Waals surface area contributed by atoms with E-state index in [0.29, 0.717) is 17.8 Å². The predicted molar refractivity (Wildman–Crippen MR) is 90.8 cm³/mol. The summed E-state index contributed by atoms with van der Waals surface area (Å²) in [5.41, 5.74) is 0.908. The summed E-state index contributed by atoms with van der Waals surface area (Å²) in [5.74, 6) is -0.968. The van der Waals surface area contributed by atoms with Crippen LogP contribution in [0.15, 0.2) is 47.0 Å².